The number of carbonyl (C=O) groups is 3. The summed E-state index contributed by atoms with van der Waals surface area (Å²) in [7, 11) is 0. The van der Waals surface area contributed by atoms with Crippen LogP contribution in [0.4, 0.5) is 5.69 Å². The van der Waals surface area contributed by atoms with E-state index >= 15 is 0 Å². The summed E-state index contributed by atoms with van der Waals surface area (Å²) in [6, 6.07) is 18.4. The highest BCUT2D eigenvalue weighted by atomic mass is 79.9. The van der Waals surface area contributed by atoms with E-state index in [1.54, 1.807) is 79.7 Å². The third kappa shape index (κ3) is 5.88. The molecule has 0 saturated heterocycles. The minimum absolute atomic E-state index is 0.0130. The molecule has 0 saturated carbocycles. The van der Waals surface area contributed by atoms with Crippen LogP contribution in [-0.4, -0.2) is 31.2 Å². The molecule has 1 heterocycles. The average Bonchev–Trinajstić information content (AvgIpc) is 3.32. The maximum absolute atomic E-state index is 13.2. The van der Waals surface area contributed by atoms with Crippen LogP contribution in [0, 0.1) is 0 Å². The first kappa shape index (κ1) is 24.0. The molecular formula is C26H21BrN2O6. The fourth-order valence-corrected chi connectivity index (χ4v) is 3.73. The Bertz CT molecular complexity index is 1300. The number of fused-ring (bicyclic) bond motifs is 1. The highest BCUT2D eigenvalue weighted by Gasteiger charge is 2.18. The lowest BCUT2D eigenvalue weighted by molar-refractivity contribution is -0.113. The molecule has 1 aliphatic heterocycles. The number of hydrogen-bond donors (Lipinski definition) is 2. The zero-order valence-electron chi connectivity index (χ0n) is 18.7. The summed E-state index contributed by atoms with van der Waals surface area (Å²) in [6.45, 7) is 2.11. The zero-order valence-corrected chi connectivity index (χ0v) is 20.3. The molecule has 0 bridgehead atoms. The number of esters is 1. The van der Waals surface area contributed by atoms with E-state index in [4.69, 9.17) is 14.2 Å². The number of nitrogens with one attached hydrogen (secondary N) is 2. The molecule has 4 rings (SSSR count). The second-order valence-electron chi connectivity index (χ2n) is 7.36. The molecule has 0 radical (unpaired) electrons. The van der Waals surface area contributed by atoms with Crippen molar-refractivity contribution in [3.63, 3.8) is 0 Å². The van der Waals surface area contributed by atoms with E-state index in [2.05, 4.69) is 26.6 Å². The Labute approximate surface area is 210 Å². The predicted octanol–water partition coefficient (Wildman–Crippen LogP) is 4.76. The number of halogens is 1. The number of rotatable bonds is 7. The summed E-state index contributed by atoms with van der Waals surface area (Å²) in [4.78, 5) is 38.0. The van der Waals surface area contributed by atoms with Gasteiger partial charge in [-0.3, -0.25) is 9.59 Å². The second kappa shape index (κ2) is 10.9. The first-order valence-corrected chi connectivity index (χ1v) is 11.5. The van der Waals surface area contributed by atoms with Gasteiger partial charge in [-0.25, -0.2) is 4.79 Å². The van der Waals surface area contributed by atoms with Gasteiger partial charge in [0.05, 0.1) is 17.7 Å². The third-order valence-corrected chi connectivity index (χ3v) is 5.66. The molecular weight excluding hydrogens is 516 g/mol. The first-order valence-electron chi connectivity index (χ1n) is 10.7. The third-order valence-electron chi connectivity index (χ3n) is 4.97. The van der Waals surface area contributed by atoms with Gasteiger partial charge in [0.2, 0.25) is 6.79 Å². The molecule has 3 aromatic rings. The average molecular weight is 537 g/mol. The van der Waals surface area contributed by atoms with Crippen molar-refractivity contribution in [3.05, 3.63) is 93.6 Å². The molecule has 2 amide bonds. The monoisotopic (exact) mass is 536 g/mol. The van der Waals surface area contributed by atoms with Crippen LogP contribution < -0.4 is 20.1 Å². The van der Waals surface area contributed by atoms with E-state index in [1.165, 1.54) is 0 Å². The largest absolute Gasteiger partial charge is 0.462 e. The van der Waals surface area contributed by atoms with Crippen molar-refractivity contribution in [3.8, 4) is 11.5 Å². The minimum Gasteiger partial charge on any atom is -0.462 e. The number of anilines is 1. The maximum atomic E-state index is 13.2. The molecule has 1 aliphatic rings. The van der Waals surface area contributed by atoms with Crippen LogP contribution in [0.5, 0.6) is 11.5 Å². The quantitative estimate of drug-likeness (QED) is 0.333. The number of carbonyl (C=O) groups excluding carboxylic acids is 3. The van der Waals surface area contributed by atoms with E-state index in [1.807, 2.05) is 0 Å². The van der Waals surface area contributed by atoms with Gasteiger partial charge in [0, 0.05) is 10.2 Å². The topological polar surface area (TPSA) is 103 Å². The van der Waals surface area contributed by atoms with Gasteiger partial charge in [-0.05, 0) is 83.0 Å². The molecule has 3 aromatic carbocycles. The second-order valence-corrected chi connectivity index (χ2v) is 8.21. The van der Waals surface area contributed by atoms with Crippen molar-refractivity contribution >= 4 is 45.5 Å². The number of ether oxygens (including phenoxy) is 3. The van der Waals surface area contributed by atoms with E-state index in [0.717, 1.165) is 0 Å². The van der Waals surface area contributed by atoms with Crippen molar-refractivity contribution in [2.75, 3.05) is 18.7 Å². The Morgan fingerprint density at radius 1 is 1.00 bits per heavy atom. The summed E-state index contributed by atoms with van der Waals surface area (Å²) in [5.41, 5.74) is 1.82. The van der Waals surface area contributed by atoms with E-state index in [9.17, 15) is 14.4 Å². The van der Waals surface area contributed by atoms with Gasteiger partial charge in [-0.2, -0.15) is 0 Å². The van der Waals surface area contributed by atoms with Crippen molar-refractivity contribution < 1.29 is 28.6 Å². The van der Waals surface area contributed by atoms with Gasteiger partial charge in [-0.1, -0.05) is 18.2 Å². The van der Waals surface area contributed by atoms with Crippen LogP contribution >= 0.6 is 15.9 Å². The van der Waals surface area contributed by atoms with Gasteiger partial charge >= 0.3 is 5.97 Å². The van der Waals surface area contributed by atoms with Crippen LogP contribution in [0.2, 0.25) is 0 Å². The van der Waals surface area contributed by atoms with Crippen LogP contribution in [0.15, 0.2) is 76.9 Å². The maximum Gasteiger partial charge on any atom is 0.338 e. The van der Waals surface area contributed by atoms with Crippen LogP contribution in [0.25, 0.3) is 6.08 Å². The lowest BCUT2D eigenvalue weighted by atomic mass is 10.1. The summed E-state index contributed by atoms with van der Waals surface area (Å²) in [5, 5.41) is 5.43. The lowest BCUT2D eigenvalue weighted by Gasteiger charge is -2.12. The van der Waals surface area contributed by atoms with Gasteiger partial charge in [0.1, 0.15) is 5.70 Å². The fraction of sp³-hybridized carbons (Fsp3) is 0.115. The van der Waals surface area contributed by atoms with E-state index in [-0.39, 0.29) is 19.1 Å². The fourth-order valence-electron chi connectivity index (χ4n) is 3.27. The highest BCUT2D eigenvalue weighted by Crippen LogP contribution is 2.33. The normalized spacial score (nSPS) is 12.1. The Balaban J connectivity index is 1.59. The molecule has 0 fully saturated rings. The number of amides is 2. The molecule has 0 aliphatic carbocycles. The SMILES string of the molecule is CCOC(=O)c1ccc(NC(=O)/C(=C/c2ccc3c(c2)OCO3)NC(=O)c2ccccc2Br)cc1. The van der Waals surface area contributed by atoms with Crippen molar-refractivity contribution in [2.45, 2.75) is 6.92 Å². The molecule has 8 nitrogen and oxygen atoms in total. The molecule has 2 N–H and O–H groups in total. The van der Waals surface area contributed by atoms with Crippen molar-refractivity contribution in [1.29, 1.82) is 0 Å². The summed E-state index contributed by atoms with van der Waals surface area (Å²) >= 11 is 3.36. The summed E-state index contributed by atoms with van der Waals surface area (Å²) in [6.07, 6.45) is 1.54. The Hall–Kier alpha value is -4.11. The predicted molar refractivity (Wildman–Crippen MR) is 133 cm³/mol. The van der Waals surface area contributed by atoms with E-state index < -0.39 is 17.8 Å². The number of benzene rings is 3. The van der Waals surface area contributed by atoms with Crippen LogP contribution in [0.3, 0.4) is 0 Å². The van der Waals surface area contributed by atoms with Gasteiger partial charge in [0.15, 0.2) is 11.5 Å². The Kier molecular flexibility index (Phi) is 7.47. The molecule has 0 unspecified atom stereocenters. The van der Waals surface area contributed by atoms with Crippen LogP contribution in [0.1, 0.15) is 33.2 Å². The minimum atomic E-state index is -0.549. The molecule has 0 atom stereocenters. The standard InChI is InChI=1S/C26H21BrN2O6/c1-2-33-26(32)17-8-10-18(11-9-17)28-25(31)21(29-24(30)19-5-3-4-6-20(19)27)13-16-7-12-22-23(14-16)35-15-34-22/h3-14H,2,15H2,1H3,(H,28,31)(H,29,30)/b21-13-. The smallest absolute Gasteiger partial charge is 0.338 e. The number of hydrogen-bond acceptors (Lipinski definition) is 6. The lowest BCUT2D eigenvalue weighted by Crippen LogP contribution is -2.31. The van der Waals surface area contributed by atoms with Gasteiger partial charge < -0.3 is 24.8 Å². The first-order chi connectivity index (χ1) is 16.9. The molecule has 0 spiro atoms. The zero-order chi connectivity index (χ0) is 24.8. The Morgan fingerprint density at radius 2 is 1.74 bits per heavy atom. The van der Waals surface area contributed by atoms with Gasteiger partial charge in [-0.15, -0.1) is 0 Å². The summed E-state index contributed by atoms with van der Waals surface area (Å²) < 4.78 is 16.3. The van der Waals surface area contributed by atoms with E-state index in [0.29, 0.717) is 38.3 Å². The summed E-state index contributed by atoms with van der Waals surface area (Å²) in [5.74, 6) is -0.309. The van der Waals surface area contributed by atoms with Crippen molar-refractivity contribution in [1.82, 2.24) is 5.32 Å². The molecule has 0 aromatic heterocycles. The molecule has 9 heteroatoms. The van der Waals surface area contributed by atoms with Crippen LogP contribution in [-0.2, 0) is 9.53 Å². The molecule has 35 heavy (non-hydrogen) atoms. The highest BCUT2D eigenvalue weighted by molar-refractivity contribution is 9.10. The Morgan fingerprint density at radius 3 is 2.49 bits per heavy atom. The van der Waals surface area contributed by atoms with Gasteiger partial charge in [0.25, 0.3) is 11.8 Å². The molecule has 178 valence electrons. The van der Waals surface area contributed by atoms with Crippen molar-refractivity contribution in [2.24, 2.45) is 0 Å².